The Kier molecular flexibility index (Phi) is 4.99. The van der Waals surface area contributed by atoms with Crippen LogP contribution in [0.15, 0.2) is 0 Å². The van der Waals surface area contributed by atoms with Crippen LogP contribution in [-0.4, -0.2) is 55.0 Å². The molecule has 0 aromatic rings. The van der Waals surface area contributed by atoms with E-state index < -0.39 is 0 Å². The first-order valence-corrected chi connectivity index (χ1v) is 5.78. The molecule has 0 aromatic heterocycles. The Morgan fingerprint density at radius 1 is 1.60 bits per heavy atom. The van der Waals surface area contributed by atoms with Crippen LogP contribution >= 0.6 is 0 Å². The minimum absolute atomic E-state index is 0.103. The molecule has 4 heteroatoms. The molecule has 0 spiro atoms. The number of aliphatic hydroxyl groups is 1. The topological polar surface area (TPSA) is 58.7 Å². The van der Waals surface area contributed by atoms with Gasteiger partial charge in [0.05, 0.1) is 13.2 Å². The van der Waals surface area contributed by atoms with Crippen molar-refractivity contribution in [3.05, 3.63) is 0 Å². The molecule has 3 N–H and O–H groups in total. The van der Waals surface area contributed by atoms with Gasteiger partial charge in [0.2, 0.25) is 0 Å². The highest BCUT2D eigenvalue weighted by Gasteiger charge is 2.37. The largest absolute Gasteiger partial charge is 0.394 e. The Morgan fingerprint density at radius 3 is 2.80 bits per heavy atom. The van der Waals surface area contributed by atoms with E-state index in [1.165, 1.54) is 0 Å². The van der Waals surface area contributed by atoms with E-state index >= 15 is 0 Å². The third kappa shape index (κ3) is 3.41. The first kappa shape index (κ1) is 12.9. The van der Waals surface area contributed by atoms with Crippen molar-refractivity contribution in [2.24, 2.45) is 5.73 Å². The van der Waals surface area contributed by atoms with Gasteiger partial charge in [-0.25, -0.2) is 0 Å². The highest BCUT2D eigenvalue weighted by atomic mass is 16.5. The molecule has 0 aromatic carbocycles. The average molecular weight is 216 g/mol. The molecule has 1 fully saturated rings. The molecule has 1 saturated carbocycles. The molecule has 0 aliphatic heterocycles. The van der Waals surface area contributed by atoms with Crippen LogP contribution in [0.2, 0.25) is 0 Å². The van der Waals surface area contributed by atoms with Crippen LogP contribution in [-0.2, 0) is 4.74 Å². The zero-order valence-electron chi connectivity index (χ0n) is 9.91. The van der Waals surface area contributed by atoms with Gasteiger partial charge in [-0.1, -0.05) is 6.92 Å². The van der Waals surface area contributed by atoms with Crippen LogP contribution in [0.1, 0.15) is 26.2 Å². The highest BCUT2D eigenvalue weighted by Crippen LogP contribution is 2.30. The predicted octanol–water partition coefficient (Wildman–Crippen LogP) is 0.197. The summed E-state index contributed by atoms with van der Waals surface area (Å²) in [4.78, 5) is 2.40. The molecule has 90 valence electrons. The molecule has 4 nitrogen and oxygen atoms in total. The fourth-order valence-corrected chi connectivity index (χ4v) is 2.39. The zero-order valence-corrected chi connectivity index (χ0v) is 9.91. The molecule has 0 amide bonds. The Hall–Kier alpha value is -0.160. The molecule has 1 aliphatic rings. The molecule has 0 heterocycles. The third-order valence-corrected chi connectivity index (χ3v) is 3.44. The molecule has 0 bridgehead atoms. The van der Waals surface area contributed by atoms with Crippen molar-refractivity contribution in [2.75, 3.05) is 33.4 Å². The second kappa shape index (κ2) is 5.80. The van der Waals surface area contributed by atoms with Gasteiger partial charge in [-0.3, -0.25) is 4.90 Å². The fourth-order valence-electron chi connectivity index (χ4n) is 2.39. The van der Waals surface area contributed by atoms with Gasteiger partial charge in [-0.2, -0.15) is 0 Å². The average Bonchev–Trinajstić information content (AvgIpc) is 2.63. The van der Waals surface area contributed by atoms with Gasteiger partial charge in [-0.05, 0) is 25.8 Å². The summed E-state index contributed by atoms with van der Waals surface area (Å²) in [5.41, 5.74) is 5.72. The summed E-state index contributed by atoms with van der Waals surface area (Å²) in [5, 5.41) is 9.21. The minimum Gasteiger partial charge on any atom is -0.394 e. The Bertz CT molecular complexity index is 189. The van der Waals surface area contributed by atoms with E-state index in [0.29, 0.717) is 6.04 Å². The minimum atomic E-state index is -0.342. The van der Waals surface area contributed by atoms with Gasteiger partial charge in [0.15, 0.2) is 0 Å². The van der Waals surface area contributed by atoms with Gasteiger partial charge >= 0.3 is 0 Å². The number of rotatable bonds is 6. The van der Waals surface area contributed by atoms with E-state index in [1.54, 1.807) is 7.11 Å². The molecular weight excluding hydrogens is 192 g/mol. The molecule has 0 radical (unpaired) electrons. The number of hydrogen-bond acceptors (Lipinski definition) is 4. The molecule has 2 unspecified atom stereocenters. The normalized spacial score (nSPS) is 31.4. The molecule has 1 rings (SSSR count). The van der Waals surface area contributed by atoms with Crippen molar-refractivity contribution in [3.8, 4) is 0 Å². The van der Waals surface area contributed by atoms with Gasteiger partial charge in [0, 0.05) is 25.2 Å². The number of methoxy groups -OCH3 is 1. The second-order valence-corrected chi connectivity index (χ2v) is 4.54. The number of ether oxygens (including phenoxy) is 1. The first-order valence-electron chi connectivity index (χ1n) is 5.78. The number of hydrogen-bond donors (Lipinski definition) is 2. The maximum absolute atomic E-state index is 9.21. The van der Waals surface area contributed by atoms with Crippen molar-refractivity contribution in [1.29, 1.82) is 0 Å². The number of nitrogens with zero attached hydrogens (tertiary/aromatic N) is 1. The lowest BCUT2D eigenvalue weighted by atomic mass is 10.0. The summed E-state index contributed by atoms with van der Waals surface area (Å²) in [5.74, 6) is 0. The van der Waals surface area contributed by atoms with E-state index in [2.05, 4.69) is 11.8 Å². The quantitative estimate of drug-likeness (QED) is 0.666. The number of nitrogens with two attached hydrogens (primary N) is 1. The van der Waals surface area contributed by atoms with Crippen molar-refractivity contribution in [3.63, 3.8) is 0 Å². The van der Waals surface area contributed by atoms with E-state index in [1.807, 2.05) is 0 Å². The monoisotopic (exact) mass is 216 g/mol. The van der Waals surface area contributed by atoms with Gasteiger partial charge < -0.3 is 15.6 Å². The number of likely N-dealkylation sites (N-methyl/N-ethyl adjacent to an activating group) is 1. The van der Waals surface area contributed by atoms with Crippen LogP contribution in [0.5, 0.6) is 0 Å². The van der Waals surface area contributed by atoms with Crippen molar-refractivity contribution >= 4 is 0 Å². The molecule has 15 heavy (non-hydrogen) atoms. The third-order valence-electron chi connectivity index (χ3n) is 3.44. The summed E-state index contributed by atoms with van der Waals surface area (Å²) >= 11 is 0. The lowest BCUT2D eigenvalue weighted by molar-refractivity contribution is 0.118. The van der Waals surface area contributed by atoms with Crippen molar-refractivity contribution in [1.82, 2.24) is 4.90 Å². The SMILES string of the molecule is CCN(CCOC)C1CCC(N)(CO)C1. The summed E-state index contributed by atoms with van der Waals surface area (Å²) in [6.45, 7) is 5.01. The Balaban J connectivity index is 2.42. The highest BCUT2D eigenvalue weighted by molar-refractivity contribution is 4.96. The van der Waals surface area contributed by atoms with Crippen molar-refractivity contribution < 1.29 is 9.84 Å². The van der Waals surface area contributed by atoms with E-state index in [4.69, 9.17) is 10.5 Å². The fraction of sp³-hybridized carbons (Fsp3) is 1.00. The lowest BCUT2D eigenvalue weighted by Crippen LogP contribution is -2.44. The maximum Gasteiger partial charge on any atom is 0.0611 e. The van der Waals surface area contributed by atoms with E-state index in [-0.39, 0.29) is 12.1 Å². The standard InChI is InChI=1S/C11H24N2O2/c1-3-13(6-7-15-2)10-4-5-11(12,8-10)9-14/h10,14H,3-9,12H2,1-2H3. The van der Waals surface area contributed by atoms with Crippen LogP contribution in [0.25, 0.3) is 0 Å². The summed E-state index contributed by atoms with van der Waals surface area (Å²) in [6.07, 6.45) is 2.92. The number of aliphatic hydroxyl groups excluding tert-OH is 1. The van der Waals surface area contributed by atoms with Crippen LogP contribution < -0.4 is 5.73 Å². The van der Waals surface area contributed by atoms with Crippen LogP contribution in [0.4, 0.5) is 0 Å². The molecule has 0 saturated heterocycles. The first-order chi connectivity index (χ1) is 7.15. The smallest absolute Gasteiger partial charge is 0.0611 e. The molecular formula is C11H24N2O2. The Labute approximate surface area is 92.4 Å². The maximum atomic E-state index is 9.21. The molecule has 1 aliphatic carbocycles. The van der Waals surface area contributed by atoms with E-state index in [9.17, 15) is 5.11 Å². The van der Waals surface area contributed by atoms with Gasteiger partial charge in [-0.15, -0.1) is 0 Å². The van der Waals surface area contributed by atoms with Crippen molar-refractivity contribution in [2.45, 2.75) is 37.8 Å². The summed E-state index contributed by atoms with van der Waals surface area (Å²) in [7, 11) is 1.73. The van der Waals surface area contributed by atoms with Crippen LogP contribution in [0, 0.1) is 0 Å². The second-order valence-electron chi connectivity index (χ2n) is 4.54. The van der Waals surface area contributed by atoms with E-state index in [0.717, 1.165) is 39.0 Å². The zero-order chi connectivity index (χ0) is 11.3. The lowest BCUT2D eigenvalue weighted by Gasteiger charge is -2.29. The van der Waals surface area contributed by atoms with Gasteiger partial charge in [0.1, 0.15) is 0 Å². The summed E-state index contributed by atoms with van der Waals surface area (Å²) in [6, 6.07) is 0.516. The Morgan fingerprint density at radius 2 is 2.33 bits per heavy atom. The molecule has 2 atom stereocenters. The summed E-state index contributed by atoms with van der Waals surface area (Å²) < 4.78 is 5.09. The van der Waals surface area contributed by atoms with Gasteiger partial charge in [0.25, 0.3) is 0 Å². The van der Waals surface area contributed by atoms with Crippen LogP contribution in [0.3, 0.4) is 0 Å². The predicted molar refractivity (Wildman–Crippen MR) is 60.8 cm³/mol.